The van der Waals surface area contributed by atoms with Crippen molar-refractivity contribution < 1.29 is 13.6 Å². The number of aromatic nitrogens is 2. The van der Waals surface area contributed by atoms with E-state index in [0.29, 0.717) is 29.1 Å². The summed E-state index contributed by atoms with van der Waals surface area (Å²) in [4.78, 5) is 17.1. The molecule has 0 unspecified atom stereocenters. The molecule has 0 atom stereocenters. The number of carbonyl (C=O) groups is 1. The number of benzene rings is 1. The minimum absolute atomic E-state index is 0.0192. The molecule has 6 heteroatoms. The van der Waals surface area contributed by atoms with Crippen LogP contribution in [0, 0.1) is 17.0 Å². The summed E-state index contributed by atoms with van der Waals surface area (Å²) in [6, 6.07) is 8.73. The molecule has 1 fully saturated rings. The Labute approximate surface area is 156 Å². The van der Waals surface area contributed by atoms with Gasteiger partial charge in [-0.3, -0.25) is 9.20 Å². The van der Waals surface area contributed by atoms with E-state index >= 15 is 0 Å². The zero-order valence-corrected chi connectivity index (χ0v) is 15.1. The quantitative estimate of drug-likeness (QED) is 0.688. The molecule has 1 aromatic carbocycles. The molecule has 0 bridgehead atoms. The van der Waals surface area contributed by atoms with Gasteiger partial charge in [-0.05, 0) is 54.7 Å². The van der Waals surface area contributed by atoms with Crippen molar-refractivity contribution in [2.45, 2.75) is 39.0 Å². The molecule has 1 saturated carbocycles. The highest BCUT2D eigenvalue weighted by atomic mass is 19.1. The number of nitrogens with zero attached hydrogens (tertiary/aromatic N) is 2. The fraction of sp³-hybridized carbons (Fsp3) is 0.333. The van der Waals surface area contributed by atoms with Gasteiger partial charge in [0.2, 0.25) is 5.91 Å². The second-order valence-corrected chi connectivity index (χ2v) is 7.63. The molecule has 2 heterocycles. The van der Waals surface area contributed by atoms with Gasteiger partial charge in [0.25, 0.3) is 0 Å². The molecule has 4 nitrogen and oxygen atoms in total. The highest BCUT2D eigenvalue weighted by Gasteiger charge is 2.31. The zero-order valence-electron chi connectivity index (χ0n) is 15.1. The van der Waals surface area contributed by atoms with E-state index in [1.807, 2.05) is 0 Å². The number of amides is 1. The molecule has 1 N–H and O–H groups in total. The number of rotatable bonds is 4. The number of hydrogen-bond acceptors (Lipinski definition) is 2. The number of hydrogen-bond donors (Lipinski definition) is 1. The minimum Gasteiger partial charge on any atom is -0.309 e. The van der Waals surface area contributed by atoms with E-state index in [4.69, 9.17) is 0 Å². The molecule has 1 amide bonds. The third kappa shape index (κ3) is 3.56. The van der Waals surface area contributed by atoms with E-state index in [1.165, 1.54) is 24.4 Å². The number of nitrogens with one attached hydrogen (secondary N) is 1. The monoisotopic (exact) mass is 369 g/mol. The van der Waals surface area contributed by atoms with Crippen molar-refractivity contribution in [3.63, 3.8) is 0 Å². The lowest BCUT2D eigenvalue weighted by Crippen LogP contribution is -2.22. The highest BCUT2D eigenvalue weighted by Crippen LogP contribution is 2.41. The standard InChI is InChI=1S/C21H21F2N3O/c1-21(10-2-3-11-21)12-18(27)25-20-19(14-4-6-15(22)7-5-14)26-13-16(23)8-9-17(26)24-20/h4-9,13H,2-3,10-12H2,1H3,(H,25,27). The lowest BCUT2D eigenvalue weighted by Gasteiger charge is -2.22. The van der Waals surface area contributed by atoms with Gasteiger partial charge >= 0.3 is 0 Å². The van der Waals surface area contributed by atoms with E-state index in [0.717, 1.165) is 25.7 Å². The summed E-state index contributed by atoms with van der Waals surface area (Å²) in [6.07, 6.45) is 6.13. The van der Waals surface area contributed by atoms with Gasteiger partial charge in [0.05, 0.1) is 5.69 Å². The number of halogens is 2. The van der Waals surface area contributed by atoms with Crippen LogP contribution in [0.25, 0.3) is 16.9 Å². The van der Waals surface area contributed by atoms with Crippen LogP contribution in [0.4, 0.5) is 14.6 Å². The van der Waals surface area contributed by atoms with Crippen LogP contribution in [0.15, 0.2) is 42.6 Å². The van der Waals surface area contributed by atoms with Crippen molar-refractivity contribution in [2.24, 2.45) is 5.41 Å². The first kappa shape index (κ1) is 17.6. The topological polar surface area (TPSA) is 46.4 Å². The van der Waals surface area contributed by atoms with Crippen LogP contribution in [0.3, 0.4) is 0 Å². The second kappa shape index (κ2) is 6.76. The maximum atomic E-state index is 13.8. The Balaban J connectivity index is 1.72. The number of pyridine rings is 1. The number of imidazole rings is 1. The van der Waals surface area contributed by atoms with Gasteiger partial charge in [-0.2, -0.15) is 0 Å². The Morgan fingerprint density at radius 2 is 1.78 bits per heavy atom. The highest BCUT2D eigenvalue weighted by molar-refractivity contribution is 5.94. The average molecular weight is 369 g/mol. The smallest absolute Gasteiger partial charge is 0.226 e. The van der Waals surface area contributed by atoms with Gasteiger partial charge in [-0.25, -0.2) is 13.8 Å². The maximum Gasteiger partial charge on any atom is 0.226 e. The largest absolute Gasteiger partial charge is 0.309 e. The third-order valence-electron chi connectivity index (χ3n) is 5.36. The van der Waals surface area contributed by atoms with Gasteiger partial charge in [0, 0.05) is 18.2 Å². The molecule has 1 aliphatic carbocycles. The fourth-order valence-corrected chi connectivity index (χ4v) is 3.96. The molecule has 0 radical (unpaired) electrons. The maximum absolute atomic E-state index is 13.8. The van der Waals surface area contributed by atoms with Crippen LogP contribution < -0.4 is 5.32 Å². The molecule has 3 aromatic rings. The molecule has 27 heavy (non-hydrogen) atoms. The first-order chi connectivity index (χ1) is 12.9. The van der Waals surface area contributed by atoms with Gasteiger partial charge in [-0.1, -0.05) is 19.8 Å². The van der Waals surface area contributed by atoms with Crippen molar-refractivity contribution in [3.8, 4) is 11.3 Å². The summed E-state index contributed by atoms with van der Waals surface area (Å²) in [5.41, 5.74) is 1.72. The summed E-state index contributed by atoms with van der Waals surface area (Å²) in [6.45, 7) is 2.14. The van der Waals surface area contributed by atoms with Gasteiger partial charge in [-0.15, -0.1) is 0 Å². The Bertz CT molecular complexity index is 989. The number of fused-ring (bicyclic) bond motifs is 1. The zero-order chi connectivity index (χ0) is 19.0. The van der Waals surface area contributed by atoms with Crippen LogP contribution in [-0.4, -0.2) is 15.3 Å². The van der Waals surface area contributed by atoms with Gasteiger partial charge < -0.3 is 5.32 Å². The van der Waals surface area contributed by atoms with E-state index in [9.17, 15) is 13.6 Å². The Kier molecular flexibility index (Phi) is 4.42. The molecular weight excluding hydrogens is 348 g/mol. The van der Waals surface area contributed by atoms with Crippen molar-refractivity contribution >= 4 is 17.4 Å². The van der Waals surface area contributed by atoms with E-state index in [1.54, 1.807) is 22.6 Å². The average Bonchev–Trinajstić information content (AvgIpc) is 3.19. The fourth-order valence-electron chi connectivity index (χ4n) is 3.96. The van der Waals surface area contributed by atoms with Crippen molar-refractivity contribution in [1.29, 1.82) is 0 Å². The predicted octanol–water partition coefficient (Wildman–Crippen LogP) is 5.19. The molecule has 4 rings (SSSR count). The van der Waals surface area contributed by atoms with Crippen molar-refractivity contribution in [2.75, 3.05) is 5.32 Å². The Hall–Kier alpha value is -2.76. The Morgan fingerprint density at radius 3 is 2.48 bits per heavy atom. The number of carbonyl (C=O) groups excluding carboxylic acids is 1. The lowest BCUT2D eigenvalue weighted by molar-refractivity contribution is -0.118. The van der Waals surface area contributed by atoms with Crippen LogP contribution in [0.5, 0.6) is 0 Å². The van der Waals surface area contributed by atoms with E-state index in [2.05, 4.69) is 17.2 Å². The van der Waals surface area contributed by atoms with Crippen molar-refractivity contribution in [1.82, 2.24) is 9.38 Å². The van der Waals surface area contributed by atoms with E-state index in [-0.39, 0.29) is 17.1 Å². The molecule has 1 aliphatic rings. The SMILES string of the molecule is CC1(CC(=O)Nc2nc3ccc(F)cn3c2-c2ccc(F)cc2)CCCC1. The Morgan fingerprint density at radius 1 is 1.11 bits per heavy atom. The minimum atomic E-state index is -0.417. The van der Waals surface area contributed by atoms with Crippen LogP contribution in [0.1, 0.15) is 39.0 Å². The molecule has 0 saturated heterocycles. The van der Waals surface area contributed by atoms with Crippen LogP contribution in [-0.2, 0) is 4.79 Å². The normalized spacial score (nSPS) is 16.0. The first-order valence-corrected chi connectivity index (χ1v) is 9.17. The van der Waals surface area contributed by atoms with E-state index < -0.39 is 5.82 Å². The van der Waals surface area contributed by atoms with Gasteiger partial charge in [0.15, 0.2) is 5.82 Å². The number of anilines is 1. The third-order valence-corrected chi connectivity index (χ3v) is 5.36. The summed E-state index contributed by atoms with van der Waals surface area (Å²) >= 11 is 0. The van der Waals surface area contributed by atoms with Crippen LogP contribution >= 0.6 is 0 Å². The molecule has 2 aromatic heterocycles. The molecule has 0 aliphatic heterocycles. The summed E-state index contributed by atoms with van der Waals surface area (Å²) in [5.74, 6) is -0.524. The first-order valence-electron chi connectivity index (χ1n) is 9.17. The van der Waals surface area contributed by atoms with Crippen LogP contribution in [0.2, 0.25) is 0 Å². The van der Waals surface area contributed by atoms with Gasteiger partial charge in [0.1, 0.15) is 17.3 Å². The molecular formula is C21H21F2N3O. The lowest BCUT2D eigenvalue weighted by atomic mass is 9.85. The molecule has 140 valence electrons. The predicted molar refractivity (Wildman–Crippen MR) is 100 cm³/mol. The molecule has 0 spiro atoms. The second-order valence-electron chi connectivity index (χ2n) is 7.63. The summed E-state index contributed by atoms with van der Waals surface area (Å²) < 4.78 is 28.7. The van der Waals surface area contributed by atoms with Crippen molar-refractivity contribution in [3.05, 3.63) is 54.2 Å². The summed E-state index contributed by atoms with van der Waals surface area (Å²) in [7, 11) is 0. The summed E-state index contributed by atoms with van der Waals surface area (Å²) in [5, 5.41) is 2.90.